The number of rotatable bonds is 7. The van der Waals surface area contributed by atoms with Crippen molar-refractivity contribution in [1.29, 1.82) is 0 Å². The Hall–Kier alpha value is -2.54. The smallest absolute Gasteiger partial charge is 0.387 e. The normalized spacial score (nSPS) is 12.0. The van der Waals surface area contributed by atoms with Gasteiger partial charge in [0.15, 0.2) is 0 Å². The number of carbonyl (C=O) groups is 1. The highest BCUT2D eigenvalue weighted by molar-refractivity contribution is 5.96. The number of alkyl halides is 2. The van der Waals surface area contributed by atoms with Crippen molar-refractivity contribution in [3.05, 3.63) is 65.5 Å². The predicted molar refractivity (Wildman–Crippen MR) is 81.4 cm³/mol. The zero-order valence-electron chi connectivity index (χ0n) is 12.6. The first-order valence-corrected chi connectivity index (χ1v) is 7.23. The van der Waals surface area contributed by atoms with Crippen LogP contribution in [0.2, 0.25) is 0 Å². The molecule has 0 spiro atoms. The number of hydrogen-bond acceptors (Lipinski definition) is 3. The first kappa shape index (κ1) is 17.8. The summed E-state index contributed by atoms with van der Waals surface area (Å²) in [6.07, 6.45) is -0.529. The quantitative estimate of drug-likeness (QED) is 0.814. The Morgan fingerprint density at radius 2 is 1.88 bits per heavy atom. The number of ether oxygens (including phenoxy) is 1. The highest BCUT2D eigenvalue weighted by atomic mass is 19.3. The molecule has 0 saturated heterocycles. The van der Waals surface area contributed by atoms with Crippen molar-refractivity contribution in [2.75, 3.05) is 6.54 Å². The van der Waals surface area contributed by atoms with Gasteiger partial charge in [-0.3, -0.25) is 4.79 Å². The summed E-state index contributed by atoms with van der Waals surface area (Å²) in [7, 11) is 0. The molecule has 1 atom stereocenters. The number of hydrogen-bond donors (Lipinski definition) is 2. The number of aliphatic hydroxyl groups is 1. The number of benzene rings is 2. The van der Waals surface area contributed by atoms with E-state index >= 15 is 0 Å². The van der Waals surface area contributed by atoms with Gasteiger partial charge in [0.2, 0.25) is 0 Å². The maximum Gasteiger partial charge on any atom is 0.387 e. The molecule has 0 bridgehead atoms. The van der Waals surface area contributed by atoms with Crippen LogP contribution in [-0.2, 0) is 0 Å². The van der Waals surface area contributed by atoms with Crippen LogP contribution in [0.15, 0.2) is 48.5 Å². The molecule has 0 aromatic heterocycles. The fourth-order valence-corrected chi connectivity index (χ4v) is 2.14. The molecule has 0 aliphatic carbocycles. The zero-order valence-corrected chi connectivity index (χ0v) is 12.6. The third kappa shape index (κ3) is 4.99. The molecule has 0 saturated carbocycles. The van der Waals surface area contributed by atoms with Gasteiger partial charge in [0.1, 0.15) is 11.6 Å². The van der Waals surface area contributed by atoms with E-state index in [0.717, 1.165) is 18.2 Å². The van der Waals surface area contributed by atoms with Crippen molar-refractivity contribution in [2.24, 2.45) is 0 Å². The van der Waals surface area contributed by atoms with E-state index < -0.39 is 30.2 Å². The molecule has 4 nitrogen and oxygen atoms in total. The van der Waals surface area contributed by atoms with Gasteiger partial charge in [0, 0.05) is 12.6 Å². The third-order valence-corrected chi connectivity index (χ3v) is 3.29. The number of nitrogens with one attached hydrogen (secondary N) is 1. The molecular formula is C17H16F3NO3. The van der Waals surface area contributed by atoms with E-state index in [-0.39, 0.29) is 18.5 Å². The van der Waals surface area contributed by atoms with Crippen molar-refractivity contribution in [3.63, 3.8) is 0 Å². The molecule has 0 radical (unpaired) electrons. The Balaban J connectivity index is 1.95. The van der Waals surface area contributed by atoms with E-state index in [1.54, 1.807) is 24.3 Å². The minimum atomic E-state index is -3.17. The Kier molecular flexibility index (Phi) is 6.20. The lowest BCUT2D eigenvalue weighted by Crippen LogP contribution is -2.26. The summed E-state index contributed by atoms with van der Waals surface area (Å²) in [6.45, 7) is -3.06. The largest absolute Gasteiger partial charge is 0.434 e. The molecule has 1 amide bonds. The molecule has 128 valence electrons. The molecule has 0 aliphatic heterocycles. The van der Waals surface area contributed by atoms with Crippen LogP contribution < -0.4 is 10.1 Å². The van der Waals surface area contributed by atoms with Gasteiger partial charge < -0.3 is 15.2 Å². The maximum absolute atomic E-state index is 13.1. The van der Waals surface area contributed by atoms with Crippen molar-refractivity contribution >= 4 is 5.91 Å². The van der Waals surface area contributed by atoms with Crippen LogP contribution in [0.4, 0.5) is 13.2 Å². The van der Waals surface area contributed by atoms with Crippen LogP contribution in [-0.4, -0.2) is 24.2 Å². The van der Waals surface area contributed by atoms with Gasteiger partial charge in [0.25, 0.3) is 5.91 Å². The molecule has 0 aliphatic rings. The fourth-order valence-electron chi connectivity index (χ4n) is 2.14. The van der Waals surface area contributed by atoms with E-state index in [0.29, 0.717) is 5.56 Å². The second kappa shape index (κ2) is 8.35. The van der Waals surface area contributed by atoms with Crippen LogP contribution in [0.3, 0.4) is 0 Å². The lowest BCUT2D eigenvalue weighted by atomic mass is 10.1. The van der Waals surface area contributed by atoms with Crippen LogP contribution in [0.1, 0.15) is 28.4 Å². The van der Waals surface area contributed by atoms with Crippen LogP contribution in [0, 0.1) is 5.82 Å². The second-order valence-electron chi connectivity index (χ2n) is 4.99. The average molecular weight is 339 g/mol. The summed E-state index contributed by atoms with van der Waals surface area (Å²) in [4.78, 5) is 12.0. The van der Waals surface area contributed by atoms with Gasteiger partial charge in [-0.15, -0.1) is 0 Å². The van der Waals surface area contributed by atoms with Crippen LogP contribution in [0.25, 0.3) is 0 Å². The molecular weight excluding hydrogens is 323 g/mol. The molecule has 2 N–H and O–H groups in total. The molecule has 2 rings (SSSR count). The summed E-state index contributed by atoms with van der Waals surface area (Å²) in [5.74, 6) is -2.02. The van der Waals surface area contributed by atoms with E-state index in [1.807, 2.05) is 6.07 Å². The maximum atomic E-state index is 13.1. The Morgan fingerprint density at radius 3 is 2.54 bits per heavy atom. The van der Waals surface area contributed by atoms with E-state index in [1.165, 1.54) is 0 Å². The third-order valence-electron chi connectivity index (χ3n) is 3.29. The first-order chi connectivity index (χ1) is 11.5. The number of aliphatic hydroxyl groups excluding tert-OH is 1. The molecule has 1 unspecified atom stereocenters. The molecule has 0 fully saturated rings. The standard InChI is InChI=1S/C17H16F3NO3/c18-12-6-7-13(15(10-12)24-17(19)20)16(23)21-9-8-14(22)11-4-2-1-3-5-11/h1-7,10,14,17,22H,8-9H2,(H,21,23). The lowest BCUT2D eigenvalue weighted by Gasteiger charge is -2.13. The van der Waals surface area contributed by atoms with E-state index in [9.17, 15) is 23.1 Å². The van der Waals surface area contributed by atoms with Gasteiger partial charge in [-0.25, -0.2) is 4.39 Å². The fraction of sp³-hybridized carbons (Fsp3) is 0.235. The minimum Gasteiger partial charge on any atom is -0.434 e. The Morgan fingerprint density at radius 1 is 1.17 bits per heavy atom. The first-order valence-electron chi connectivity index (χ1n) is 7.23. The van der Waals surface area contributed by atoms with Gasteiger partial charge >= 0.3 is 6.61 Å². The molecule has 0 heterocycles. The highest BCUT2D eigenvalue weighted by Gasteiger charge is 2.17. The van der Waals surface area contributed by atoms with Crippen molar-refractivity contribution in [1.82, 2.24) is 5.32 Å². The molecule has 7 heteroatoms. The summed E-state index contributed by atoms with van der Waals surface area (Å²) >= 11 is 0. The molecule has 2 aromatic carbocycles. The number of halogens is 3. The predicted octanol–water partition coefficient (Wildman–Crippen LogP) is 3.28. The molecule has 24 heavy (non-hydrogen) atoms. The molecule has 2 aromatic rings. The van der Waals surface area contributed by atoms with E-state index in [2.05, 4.69) is 10.1 Å². The monoisotopic (exact) mass is 339 g/mol. The zero-order chi connectivity index (χ0) is 17.5. The Bertz CT molecular complexity index is 680. The second-order valence-corrected chi connectivity index (χ2v) is 4.99. The van der Waals surface area contributed by atoms with Gasteiger partial charge in [-0.2, -0.15) is 8.78 Å². The summed E-state index contributed by atoms with van der Waals surface area (Å²) in [5, 5.41) is 12.5. The van der Waals surface area contributed by atoms with Crippen LogP contribution >= 0.6 is 0 Å². The lowest BCUT2D eigenvalue weighted by molar-refractivity contribution is -0.0503. The topological polar surface area (TPSA) is 58.6 Å². The average Bonchev–Trinajstić information content (AvgIpc) is 2.55. The highest BCUT2D eigenvalue weighted by Crippen LogP contribution is 2.22. The van der Waals surface area contributed by atoms with Crippen molar-refractivity contribution in [3.8, 4) is 5.75 Å². The van der Waals surface area contributed by atoms with Crippen molar-refractivity contribution < 1.29 is 27.8 Å². The summed E-state index contributed by atoms with van der Waals surface area (Å²) < 4.78 is 41.9. The van der Waals surface area contributed by atoms with Crippen molar-refractivity contribution in [2.45, 2.75) is 19.1 Å². The number of carbonyl (C=O) groups excluding carboxylic acids is 1. The summed E-state index contributed by atoms with van der Waals surface area (Å²) in [5.41, 5.74) is 0.501. The van der Waals surface area contributed by atoms with Gasteiger partial charge in [-0.05, 0) is 24.1 Å². The SMILES string of the molecule is O=C(NCCC(O)c1ccccc1)c1ccc(F)cc1OC(F)F. The Labute approximate surface area is 136 Å². The van der Waals surface area contributed by atoms with E-state index in [4.69, 9.17) is 0 Å². The number of amides is 1. The minimum absolute atomic E-state index is 0.111. The summed E-state index contributed by atoms with van der Waals surface area (Å²) in [6, 6.07) is 11.6. The van der Waals surface area contributed by atoms with Gasteiger partial charge in [0.05, 0.1) is 11.7 Å². The van der Waals surface area contributed by atoms with Gasteiger partial charge in [-0.1, -0.05) is 30.3 Å². The van der Waals surface area contributed by atoms with Crippen LogP contribution in [0.5, 0.6) is 5.75 Å².